The van der Waals surface area contributed by atoms with Crippen LogP contribution in [0.1, 0.15) is 45.9 Å². The molecule has 3 aromatic rings. The summed E-state index contributed by atoms with van der Waals surface area (Å²) in [6.07, 6.45) is 1.51. The highest BCUT2D eigenvalue weighted by Crippen LogP contribution is 2.33. The standard InChI is InChI=1S/C17H15NO5S.C3H8.C2H6/c1-2-22-17-15(20)12-6-5-10(8-13(12)16(21)23-17)18-14(19)9-11-4-3-7-24-11;1-3-2;1-2/h3-8,20H,2,9H2,1H3,(H,18,19);3H2,1-2H3;1-2H3. The van der Waals surface area contributed by atoms with Gasteiger partial charge in [0, 0.05) is 16.0 Å². The molecule has 0 saturated heterocycles. The zero-order chi connectivity index (χ0) is 21.8. The van der Waals surface area contributed by atoms with Crippen molar-refractivity contribution in [2.24, 2.45) is 0 Å². The summed E-state index contributed by atoms with van der Waals surface area (Å²) >= 11 is 1.50. The number of thiophene rings is 1. The number of nitrogens with one attached hydrogen (secondary N) is 1. The predicted molar refractivity (Wildman–Crippen MR) is 119 cm³/mol. The summed E-state index contributed by atoms with van der Waals surface area (Å²) < 4.78 is 10.1. The molecular formula is C22H29NO5S. The van der Waals surface area contributed by atoms with Crippen molar-refractivity contribution in [3.63, 3.8) is 0 Å². The maximum Gasteiger partial charge on any atom is 0.346 e. The second kappa shape index (κ2) is 12.6. The monoisotopic (exact) mass is 419 g/mol. The molecule has 2 N–H and O–H groups in total. The first-order valence-electron chi connectivity index (χ1n) is 9.74. The molecule has 6 nitrogen and oxygen atoms in total. The Morgan fingerprint density at radius 1 is 1.17 bits per heavy atom. The van der Waals surface area contributed by atoms with Gasteiger partial charge in [0.15, 0.2) is 0 Å². The van der Waals surface area contributed by atoms with Crippen LogP contribution in [0.15, 0.2) is 44.9 Å². The van der Waals surface area contributed by atoms with Crippen LogP contribution >= 0.6 is 11.3 Å². The minimum Gasteiger partial charge on any atom is -0.501 e. The first-order chi connectivity index (χ1) is 14.0. The number of ether oxygens (including phenoxy) is 1. The molecule has 7 heteroatoms. The third-order valence-electron chi connectivity index (χ3n) is 3.35. The summed E-state index contributed by atoms with van der Waals surface area (Å²) in [7, 11) is 0. The van der Waals surface area contributed by atoms with Crippen molar-refractivity contribution < 1.29 is 19.1 Å². The van der Waals surface area contributed by atoms with Gasteiger partial charge in [-0.3, -0.25) is 4.79 Å². The molecule has 1 amide bonds. The topological polar surface area (TPSA) is 88.8 Å². The molecule has 0 saturated carbocycles. The molecule has 0 unspecified atom stereocenters. The molecule has 0 aliphatic heterocycles. The van der Waals surface area contributed by atoms with Gasteiger partial charge in [-0.05, 0) is 36.6 Å². The minimum absolute atomic E-state index is 0.171. The Bertz CT molecular complexity index is 948. The molecule has 0 bridgehead atoms. The number of carbonyl (C=O) groups is 1. The van der Waals surface area contributed by atoms with E-state index in [1.807, 2.05) is 31.4 Å². The van der Waals surface area contributed by atoms with E-state index in [2.05, 4.69) is 19.2 Å². The molecule has 0 atom stereocenters. The summed E-state index contributed by atoms with van der Waals surface area (Å²) in [4.78, 5) is 25.0. The third-order valence-corrected chi connectivity index (χ3v) is 4.22. The van der Waals surface area contributed by atoms with Gasteiger partial charge in [0.1, 0.15) is 0 Å². The van der Waals surface area contributed by atoms with Gasteiger partial charge in [0.25, 0.3) is 0 Å². The van der Waals surface area contributed by atoms with E-state index in [-0.39, 0.29) is 36.0 Å². The molecule has 158 valence electrons. The van der Waals surface area contributed by atoms with Crippen LogP contribution in [0.4, 0.5) is 5.69 Å². The lowest BCUT2D eigenvalue weighted by atomic mass is 10.1. The second-order valence-electron chi connectivity index (χ2n) is 5.73. The number of benzene rings is 1. The fraction of sp³-hybridized carbons (Fsp3) is 0.364. The van der Waals surface area contributed by atoms with Crippen LogP contribution in [0.3, 0.4) is 0 Å². The van der Waals surface area contributed by atoms with Crippen LogP contribution in [-0.2, 0) is 11.2 Å². The Labute approximate surface area is 175 Å². The fourth-order valence-electron chi connectivity index (χ4n) is 2.30. The van der Waals surface area contributed by atoms with Crippen molar-refractivity contribution in [2.45, 2.75) is 47.5 Å². The molecule has 0 aliphatic carbocycles. The molecule has 2 heterocycles. The van der Waals surface area contributed by atoms with Crippen LogP contribution in [0.25, 0.3) is 10.8 Å². The van der Waals surface area contributed by atoms with Crippen LogP contribution in [0.2, 0.25) is 0 Å². The van der Waals surface area contributed by atoms with E-state index in [4.69, 9.17) is 9.15 Å². The molecule has 0 fully saturated rings. The largest absolute Gasteiger partial charge is 0.501 e. The summed E-state index contributed by atoms with van der Waals surface area (Å²) in [5.41, 5.74) is -0.180. The van der Waals surface area contributed by atoms with E-state index in [0.29, 0.717) is 11.1 Å². The van der Waals surface area contributed by atoms with Gasteiger partial charge >= 0.3 is 11.6 Å². The van der Waals surface area contributed by atoms with E-state index in [1.54, 1.807) is 19.1 Å². The number of aromatic hydroxyl groups is 1. The number of fused-ring (bicyclic) bond motifs is 1. The van der Waals surface area contributed by atoms with E-state index in [9.17, 15) is 14.7 Å². The average molecular weight is 420 g/mol. The number of carbonyl (C=O) groups excluding carboxylic acids is 1. The third kappa shape index (κ3) is 6.94. The van der Waals surface area contributed by atoms with Crippen molar-refractivity contribution >= 4 is 33.7 Å². The van der Waals surface area contributed by atoms with Crippen LogP contribution in [0.5, 0.6) is 11.7 Å². The van der Waals surface area contributed by atoms with Crippen molar-refractivity contribution in [3.8, 4) is 11.7 Å². The van der Waals surface area contributed by atoms with Gasteiger partial charge < -0.3 is 19.6 Å². The maximum atomic E-state index is 12.1. The van der Waals surface area contributed by atoms with Gasteiger partial charge in [-0.1, -0.05) is 40.2 Å². The van der Waals surface area contributed by atoms with Crippen LogP contribution < -0.4 is 15.7 Å². The zero-order valence-electron chi connectivity index (χ0n) is 17.6. The first kappa shape index (κ1) is 24.2. The smallest absolute Gasteiger partial charge is 0.346 e. The number of hydrogen-bond acceptors (Lipinski definition) is 6. The zero-order valence-corrected chi connectivity index (χ0v) is 18.4. The molecule has 0 spiro atoms. The van der Waals surface area contributed by atoms with E-state index in [0.717, 1.165) is 4.88 Å². The lowest BCUT2D eigenvalue weighted by Crippen LogP contribution is -2.14. The Morgan fingerprint density at radius 2 is 1.86 bits per heavy atom. The first-order valence-corrected chi connectivity index (χ1v) is 10.6. The van der Waals surface area contributed by atoms with Crippen molar-refractivity contribution in [1.29, 1.82) is 0 Å². The molecule has 1 aromatic carbocycles. The Hall–Kier alpha value is -2.80. The lowest BCUT2D eigenvalue weighted by molar-refractivity contribution is -0.115. The predicted octanol–water partition coefficient (Wildman–Crippen LogP) is 5.58. The molecule has 29 heavy (non-hydrogen) atoms. The minimum atomic E-state index is -0.638. The van der Waals surface area contributed by atoms with E-state index < -0.39 is 5.63 Å². The quantitative estimate of drug-likeness (QED) is 0.563. The summed E-state index contributed by atoms with van der Waals surface area (Å²) in [5, 5.41) is 15.2. The highest BCUT2D eigenvalue weighted by molar-refractivity contribution is 7.10. The normalized spacial score (nSPS) is 9.69. The Balaban J connectivity index is 0.000000771. The molecule has 0 aliphatic rings. The summed E-state index contributed by atoms with van der Waals surface area (Å²) in [5.74, 6) is -0.622. The SMILES string of the molecule is CC.CCC.CCOc1oc(=O)c2cc(NC(=O)Cc3cccs3)ccc2c1O. The highest BCUT2D eigenvalue weighted by Gasteiger charge is 2.15. The molecule has 0 radical (unpaired) electrons. The summed E-state index contributed by atoms with van der Waals surface area (Å²) in [6.45, 7) is 10.2. The second-order valence-corrected chi connectivity index (χ2v) is 6.76. The lowest BCUT2D eigenvalue weighted by Gasteiger charge is -2.08. The average Bonchev–Trinajstić information content (AvgIpc) is 3.21. The van der Waals surface area contributed by atoms with Crippen LogP contribution in [0, 0.1) is 0 Å². The maximum absolute atomic E-state index is 12.1. The van der Waals surface area contributed by atoms with Crippen molar-refractivity contribution in [3.05, 3.63) is 51.0 Å². The van der Waals surface area contributed by atoms with Crippen molar-refractivity contribution in [2.75, 3.05) is 11.9 Å². The number of hydrogen-bond donors (Lipinski definition) is 2. The Morgan fingerprint density at radius 3 is 2.45 bits per heavy atom. The van der Waals surface area contributed by atoms with Gasteiger partial charge in [0.2, 0.25) is 11.7 Å². The fourth-order valence-corrected chi connectivity index (χ4v) is 3.00. The van der Waals surface area contributed by atoms with E-state index in [1.165, 1.54) is 23.8 Å². The number of amides is 1. The van der Waals surface area contributed by atoms with E-state index >= 15 is 0 Å². The molecule has 2 aromatic heterocycles. The molecular weight excluding hydrogens is 390 g/mol. The van der Waals surface area contributed by atoms with Crippen LogP contribution in [-0.4, -0.2) is 17.6 Å². The van der Waals surface area contributed by atoms with Gasteiger partial charge in [-0.15, -0.1) is 11.3 Å². The number of anilines is 1. The van der Waals surface area contributed by atoms with Gasteiger partial charge in [0.05, 0.1) is 18.4 Å². The number of rotatable bonds is 5. The Kier molecular flexibility index (Phi) is 10.5. The summed E-state index contributed by atoms with van der Waals surface area (Å²) in [6, 6.07) is 8.40. The molecule has 3 rings (SSSR count). The highest BCUT2D eigenvalue weighted by atomic mass is 32.1. The van der Waals surface area contributed by atoms with Gasteiger partial charge in [-0.2, -0.15) is 0 Å². The van der Waals surface area contributed by atoms with Gasteiger partial charge in [-0.25, -0.2) is 4.79 Å². The van der Waals surface area contributed by atoms with Crippen molar-refractivity contribution in [1.82, 2.24) is 0 Å².